The van der Waals surface area contributed by atoms with Gasteiger partial charge in [0.15, 0.2) is 5.65 Å². The highest BCUT2D eigenvalue weighted by molar-refractivity contribution is 5.72. The summed E-state index contributed by atoms with van der Waals surface area (Å²) >= 11 is 0. The Kier molecular flexibility index (Phi) is 1.93. The van der Waals surface area contributed by atoms with Crippen molar-refractivity contribution in [3.05, 3.63) is 54.7 Å². The Labute approximate surface area is 91.2 Å². The monoisotopic (exact) mass is 213 g/mol. The van der Waals surface area contributed by atoms with E-state index >= 15 is 0 Å². The van der Waals surface area contributed by atoms with Crippen LogP contribution in [0.5, 0.6) is 0 Å². The summed E-state index contributed by atoms with van der Waals surface area (Å²) in [5.74, 6) is -0.249. The molecular formula is C12H8FN3. The van der Waals surface area contributed by atoms with E-state index in [0.717, 1.165) is 16.9 Å². The van der Waals surface area contributed by atoms with Gasteiger partial charge in [-0.25, -0.2) is 14.4 Å². The second-order valence-corrected chi connectivity index (χ2v) is 3.44. The molecule has 0 saturated heterocycles. The molecule has 0 bridgehead atoms. The summed E-state index contributed by atoms with van der Waals surface area (Å²) in [4.78, 5) is 8.47. The van der Waals surface area contributed by atoms with Gasteiger partial charge in [0.2, 0.25) is 0 Å². The first-order valence-electron chi connectivity index (χ1n) is 4.88. The molecule has 0 saturated carbocycles. The Morgan fingerprint density at radius 1 is 1.00 bits per heavy atom. The molecule has 0 aliphatic heterocycles. The normalized spacial score (nSPS) is 10.8. The minimum atomic E-state index is -0.249. The van der Waals surface area contributed by atoms with E-state index in [9.17, 15) is 4.39 Å². The van der Waals surface area contributed by atoms with E-state index in [1.54, 1.807) is 24.7 Å². The van der Waals surface area contributed by atoms with Crippen LogP contribution in [0, 0.1) is 5.82 Å². The van der Waals surface area contributed by atoms with Crippen LogP contribution < -0.4 is 0 Å². The molecule has 0 spiro atoms. The molecule has 16 heavy (non-hydrogen) atoms. The van der Waals surface area contributed by atoms with Crippen LogP contribution in [0.2, 0.25) is 0 Å². The SMILES string of the molecule is Fc1ccc(-n2cnc3cccnc32)cc1. The number of pyridine rings is 1. The summed E-state index contributed by atoms with van der Waals surface area (Å²) in [6, 6.07) is 9.97. The van der Waals surface area contributed by atoms with Gasteiger partial charge in [-0.3, -0.25) is 4.57 Å². The number of imidazole rings is 1. The number of benzene rings is 1. The third kappa shape index (κ3) is 1.35. The minimum absolute atomic E-state index is 0.249. The number of hydrogen-bond donors (Lipinski definition) is 0. The fraction of sp³-hybridized carbons (Fsp3) is 0. The minimum Gasteiger partial charge on any atom is -0.283 e. The van der Waals surface area contributed by atoms with Crippen molar-refractivity contribution in [1.82, 2.24) is 14.5 Å². The van der Waals surface area contributed by atoms with Gasteiger partial charge in [-0.15, -0.1) is 0 Å². The molecule has 0 fully saturated rings. The molecule has 3 rings (SSSR count). The number of hydrogen-bond acceptors (Lipinski definition) is 2. The summed E-state index contributed by atoms with van der Waals surface area (Å²) in [6.07, 6.45) is 3.40. The first-order valence-corrected chi connectivity index (χ1v) is 4.88. The quantitative estimate of drug-likeness (QED) is 0.622. The van der Waals surface area contributed by atoms with Gasteiger partial charge in [0.25, 0.3) is 0 Å². The lowest BCUT2D eigenvalue weighted by Gasteiger charge is -2.02. The Bertz CT molecular complexity index is 628. The van der Waals surface area contributed by atoms with E-state index < -0.39 is 0 Å². The van der Waals surface area contributed by atoms with Gasteiger partial charge >= 0.3 is 0 Å². The molecule has 0 amide bonds. The van der Waals surface area contributed by atoms with Crippen LogP contribution in [0.4, 0.5) is 4.39 Å². The first-order chi connectivity index (χ1) is 7.84. The van der Waals surface area contributed by atoms with Gasteiger partial charge in [0.05, 0.1) is 0 Å². The molecule has 1 aromatic carbocycles. The van der Waals surface area contributed by atoms with Crippen molar-refractivity contribution in [1.29, 1.82) is 0 Å². The molecular weight excluding hydrogens is 205 g/mol. The zero-order chi connectivity index (χ0) is 11.0. The summed E-state index contributed by atoms with van der Waals surface area (Å²) in [6.45, 7) is 0. The number of nitrogens with zero attached hydrogens (tertiary/aromatic N) is 3. The van der Waals surface area contributed by atoms with Crippen LogP contribution in [-0.2, 0) is 0 Å². The number of halogens is 1. The highest BCUT2D eigenvalue weighted by Gasteiger charge is 2.04. The predicted octanol–water partition coefficient (Wildman–Crippen LogP) is 2.56. The fourth-order valence-electron chi connectivity index (χ4n) is 1.64. The van der Waals surface area contributed by atoms with E-state index in [1.807, 2.05) is 16.7 Å². The van der Waals surface area contributed by atoms with Crippen molar-refractivity contribution < 1.29 is 4.39 Å². The number of rotatable bonds is 1. The summed E-state index contributed by atoms with van der Waals surface area (Å²) in [5, 5.41) is 0. The Hall–Kier alpha value is -2.23. The van der Waals surface area contributed by atoms with Crippen molar-refractivity contribution >= 4 is 11.2 Å². The smallest absolute Gasteiger partial charge is 0.164 e. The van der Waals surface area contributed by atoms with Gasteiger partial charge in [-0.1, -0.05) is 0 Å². The van der Waals surface area contributed by atoms with E-state index in [1.165, 1.54) is 12.1 Å². The third-order valence-corrected chi connectivity index (χ3v) is 2.41. The Morgan fingerprint density at radius 3 is 2.62 bits per heavy atom. The maximum absolute atomic E-state index is 12.8. The second-order valence-electron chi connectivity index (χ2n) is 3.44. The predicted molar refractivity (Wildman–Crippen MR) is 58.8 cm³/mol. The van der Waals surface area contributed by atoms with Gasteiger partial charge in [-0.2, -0.15) is 0 Å². The van der Waals surface area contributed by atoms with Gasteiger partial charge < -0.3 is 0 Å². The highest BCUT2D eigenvalue weighted by atomic mass is 19.1. The molecule has 2 heterocycles. The van der Waals surface area contributed by atoms with E-state index in [-0.39, 0.29) is 5.82 Å². The zero-order valence-corrected chi connectivity index (χ0v) is 8.34. The number of aromatic nitrogens is 3. The molecule has 0 N–H and O–H groups in total. The average molecular weight is 213 g/mol. The summed E-state index contributed by atoms with van der Waals surface area (Å²) in [7, 11) is 0. The van der Waals surface area contributed by atoms with E-state index in [0.29, 0.717) is 0 Å². The lowest BCUT2D eigenvalue weighted by atomic mass is 10.3. The zero-order valence-electron chi connectivity index (χ0n) is 8.34. The van der Waals surface area contributed by atoms with Crippen molar-refractivity contribution in [2.45, 2.75) is 0 Å². The standard InChI is InChI=1S/C12H8FN3/c13-9-3-5-10(6-4-9)16-8-15-11-2-1-7-14-12(11)16/h1-8H. The molecule has 0 radical (unpaired) electrons. The molecule has 0 aliphatic rings. The molecule has 2 aromatic heterocycles. The van der Waals surface area contributed by atoms with Crippen molar-refractivity contribution in [3.8, 4) is 5.69 Å². The lowest BCUT2D eigenvalue weighted by molar-refractivity contribution is 0.627. The molecule has 78 valence electrons. The first kappa shape index (κ1) is 9.03. The van der Waals surface area contributed by atoms with E-state index in [4.69, 9.17) is 0 Å². The average Bonchev–Trinajstić information content (AvgIpc) is 2.74. The molecule has 3 aromatic rings. The van der Waals surface area contributed by atoms with E-state index in [2.05, 4.69) is 9.97 Å². The second kappa shape index (κ2) is 3.41. The van der Waals surface area contributed by atoms with Crippen molar-refractivity contribution in [2.24, 2.45) is 0 Å². The lowest BCUT2D eigenvalue weighted by Crippen LogP contribution is -1.93. The maximum atomic E-state index is 12.8. The third-order valence-electron chi connectivity index (χ3n) is 2.41. The van der Waals surface area contributed by atoms with Crippen LogP contribution in [-0.4, -0.2) is 14.5 Å². The van der Waals surface area contributed by atoms with Gasteiger partial charge in [-0.05, 0) is 36.4 Å². The van der Waals surface area contributed by atoms with Crippen LogP contribution in [0.3, 0.4) is 0 Å². The molecule has 0 aliphatic carbocycles. The van der Waals surface area contributed by atoms with Gasteiger partial charge in [0, 0.05) is 11.9 Å². The van der Waals surface area contributed by atoms with Gasteiger partial charge in [0.1, 0.15) is 17.7 Å². The van der Waals surface area contributed by atoms with Crippen molar-refractivity contribution in [3.63, 3.8) is 0 Å². The maximum Gasteiger partial charge on any atom is 0.164 e. The molecule has 0 unspecified atom stereocenters. The van der Waals surface area contributed by atoms with Crippen LogP contribution in [0.1, 0.15) is 0 Å². The van der Waals surface area contributed by atoms with Crippen molar-refractivity contribution in [2.75, 3.05) is 0 Å². The molecule has 3 nitrogen and oxygen atoms in total. The summed E-state index contributed by atoms with van der Waals surface area (Å²) in [5.41, 5.74) is 2.45. The molecule has 4 heteroatoms. The van der Waals surface area contributed by atoms with Crippen LogP contribution >= 0.6 is 0 Å². The number of fused-ring (bicyclic) bond motifs is 1. The Morgan fingerprint density at radius 2 is 1.81 bits per heavy atom. The van der Waals surface area contributed by atoms with Crippen LogP contribution in [0.25, 0.3) is 16.9 Å². The largest absolute Gasteiger partial charge is 0.283 e. The fourth-order valence-corrected chi connectivity index (χ4v) is 1.64. The van der Waals surface area contributed by atoms with Crippen LogP contribution in [0.15, 0.2) is 48.9 Å². The molecule has 0 atom stereocenters. The highest BCUT2D eigenvalue weighted by Crippen LogP contribution is 2.15. The topological polar surface area (TPSA) is 30.7 Å². The summed E-state index contributed by atoms with van der Waals surface area (Å²) < 4.78 is 14.6. The Balaban J connectivity index is 2.22.